The molecule has 2 heterocycles. The summed E-state index contributed by atoms with van der Waals surface area (Å²) >= 11 is 0. The van der Waals surface area contributed by atoms with Crippen LogP contribution in [0.3, 0.4) is 0 Å². The first kappa shape index (κ1) is 14.3. The van der Waals surface area contributed by atoms with Crippen molar-refractivity contribution >= 4 is 33.2 Å². The number of aromatic nitrogens is 1. The number of rotatable bonds is 0. The minimum atomic E-state index is 0.0896. The summed E-state index contributed by atoms with van der Waals surface area (Å²) in [7, 11) is 0. The van der Waals surface area contributed by atoms with E-state index in [1.165, 1.54) is 16.7 Å². The van der Waals surface area contributed by atoms with Crippen LogP contribution in [0, 0.1) is 13.8 Å². The molecule has 1 aliphatic heterocycles. The Morgan fingerprint density at radius 2 is 1.64 bits per heavy atom. The number of hydrogen-bond acceptors (Lipinski definition) is 2. The fourth-order valence-corrected chi connectivity index (χ4v) is 3.82. The highest BCUT2D eigenvalue weighted by Gasteiger charge is 2.19. The summed E-state index contributed by atoms with van der Waals surface area (Å²) in [6.45, 7) is 4.12. The van der Waals surface area contributed by atoms with Crippen molar-refractivity contribution in [3.8, 4) is 0 Å². The zero-order valence-electron chi connectivity index (χ0n) is 14.2. The molecule has 0 aliphatic carbocycles. The highest BCUT2D eigenvalue weighted by molar-refractivity contribution is 6.01. The number of benzene rings is 3. The van der Waals surface area contributed by atoms with Gasteiger partial charge in [-0.3, -0.25) is 4.79 Å². The van der Waals surface area contributed by atoms with Crippen LogP contribution < -0.4 is 10.7 Å². The second-order valence-electron chi connectivity index (χ2n) is 6.99. The van der Waals surface area contributed by atoms with Gasteiger partial charge in [-0.15, -0.1) is 0 Å². The molecule has 25 heavy (non-hydrogen) atoms. The molecule has 0 fully saturated rings. The fourth-order valence-electron chi connectivity index (χ4n) is 3.82. The smallest absolute Gasteiger partial charge is 0.197 e. The number of fused-ring (bicyclic) bond motifs is 5. The lowest BCUT2D eigenvalue weighted by atomic mass is 9.94. The molecule has 3 heteroatoms. The number of pyridine rings is 1. The molecule has 122 valence electrons. The molecule has 0 bridgehead atoms. The Balaban J connectivity index is 1.81. The maximum absolute atomic E-state index is 13.0. The number of aryl methyl sites for hydroxylation is 2. The molecule has 0 radical (unpaired) electrons. The molecular weight excluding hydrogens is 308 g/mol. The lowest BCUT2D eigenvalue weighted by Gasteiger charge is -2.23. The maximum Gasteiger partial charge on any atom is 0.197 e. The van der Waals surface area contributed by atoms with Crippen molar-refractivity contribution in [1.82, 2.24) is 4.98 Å². The van der Waals surface area contributed by atoms with Crippen LogP contribution in [-0.4, -0.2) is 4.98 Å². The molecule has 2 N–H and O–H groups in total. The SMILES string of the molecule is Cc1ccc2c(c1)Cc1ccc3c(=O)c4cc(C)ccc4[nH]c3c1N2. The third kappa shape index (κ3) is 2.09. The lowest BCUT2D eigenvalue weighted by Crippen LogP contribution is -2.11. The Kier molecular flexibility index (Phi) is 2.84. The van der Waals surface area contributed by atoms with Gasteiger partial charge in [0.1, 0.15) is 0 Å². The molecule has 4 aromatic rings. The van der Waals surface area contributed by atoms with Gasteiger partial charge in [-0.25, -0.2) is 0 Å². The van der Waals surface area contributed by atoms with E-state index >= 15 is 0 Å². The van der Waals surface area contributed by atoms with Crippen molar-refractivity contribution in [1.29, 1.82) is 0 Å². The number of H-pyrrole nitrogens is 1. The zero-order valence-corrected chi connectivity index (χ0v) is 14.2. The summed E-state index contributed by atoms with van der Waals surface area (Å²) in [5, 5.41) is 5.03. The summed E-state index contributed by atoms with van der Waals surface area (Å²) in [5.41, 5.74) is 8.88. The Labute approximate surface area is 145 Å². The molecule has 0 unspecified atom stereocenters. The normalized spacial score (nSPS) is 12.7. The topological polar surface area (TPSA) is 44.9 Å². The number of hydrogen-bond donors (Lipinski definition) is 2. The second-order valence-corrected chi connectivity index (χ2v) is 6.99. The molecule has 0 amide bonds. The van der Waals surface area contributed by atoms with Crippen LogP contribution in [0.15, 0.2) is 53.3 Å². The molecule has 3 aromatic carbocycles. The third-order valence-electron chi connectivity index (χ3n) is 5.12. The summed E-state index contributed by atoms with van der Waals surface area (Å²) in [6, 6.07) is 16.5. The molecule has 0 saturated carbocycles. The molecule has 0 spiro atoms. The minimum Gasteiger partial charge on any atom is -0.353 e. The quantitative estimate of drug-likeness (QED) is 0.396. The van der Waals surface area contributed by atoms with Gasteiger partial charge in [-0.05, 0) is 49.2 Å². The van der Waals surface area contributed by atoms with Gasteiger partial charge in [0.05, 0.1) is 11.2 Å². The number of aromatic amines is 1. The van der Waals surface area contributed by atoms with E-state index in [1.54, 1.807) is 0 Å². The minimum absolute atomic E-state index is 0.0896. The summed E-state index contributed by atoms with van der Waals surface area (Å²) < 4.78 is 0. The zero-order chi connectivity index (χ0) is 17.1. The summed E-state index contributed by atoms with van der Waals surface area (Å²) in [5.74, 6) is 0. The standard InChI is InChI=1S/C22H18N2O/c1-12-3-7-18-15(9-12)11-14-5-6-16-21(20(14)23-18)24-19-8-4-13(2)10-17(19)22(16)25/h3-10,23H,11H2,1-2H3,(H,24,25). The summed E-state index contributed by atoms with van der Waals surface area (Å²) in [4.78, 5) is 16.5. The Bertz CT molecular complexity index is 1230. The molecule has 5 rings (SSSR count). The first-order chi connectivity index (χ1) is 12.1. The van der Waals surface area contributed by atoms with E-state index in [0.29, 0.717) is 0 Å². The molecule has 0 atom stereocenters. The van der Waals surface area contributed by atoms with E-state index in [0.717, 1.165) is 45.2 Å². The van der Waals surface area contributed by atoms with E-state index in [-0.39, 0.29) is 5.43 Å². The maximum atomic E-state index is 13.0. The van der Waals surface area contributed by atoms with E-state index in [1.807, 2.05) is 31.2 Å². The van der Waals surface area contributed by atoms with Crippen molar-refractivity contribution in [3.63, 3.8) is 0 Å². The van der Waals surface area contributed by atoms with Crippen LogP contribution >= 0.6 is 0 Å². The van der Waals surface area contributed by atoms with E-state index in [9.17, 15) is 4.79 Å². The predicted molar refractivity (Wildman–Crippen MR) is 104 cm³/mol. The van der Waals surface area contributed by atoms with Crippen molar-refractivity contribution in [2.45, 2.75) is 20.3 Å². The molecule has 1 aliphatic rings. The van der Waals surface area contributed by atoms with Crippen molar-refractivity contribution in [3.05, 3.63) is 81.0 Å². The van der Waals surface area contributed by atoms with Gasteiger partial charge in [0.15, 0.2) is 5.43 Å². The number of anilines is 2. The predicted octanol–water partition coefficient (Wildman–Crippen LogP) is 4.95. The third-order valence-corrected chi connectivity index (χ3v) is 5.12. The van der Waals surface area contributed by atoms with Crippen LogP contribution in [-0.2, 0) is 6.42 Å². The van der Waals surface area contributed by atoms with Gasteiger partial charge in [0.2, 0.25) is 0 Å². The van der Waals surface area contributed by atoms with Crippen molar-refractivity contribution in [2.75, 3.05) is 5.32 Å². The molecule has 1 aromatic heterocycles. The highest BCUT2D eigenvalue weighted by atomic mass is 16.1. The van der Waals surface area contributed by atoms with Crippen LogP contribution in [0.1, 0.15) is 22.3 Å². The molecule has 3 nitrogen and oxygen atoms in total. The van der Waals surface area contributed by atoms with Gasteiger partial charge in [0, 0.05) is 28.4 Å². The fraction of sp³-hybridized carbons (Fsp3) is 0.136. The molecular formula is C22H18N2O. The summed E-state index contributed by atoms with van der Waals surface area (Å²) in [6.07, 6.45) is 0.878. The van der Waals surface area contributed by atoms with Gasteiger partial charge in [-0.2, -0.15) is 0 Å². The lowest BCUT2D eigenvalue weighted by molar-refractivity contribution is 1.15. The van der Waals surface area contributed by atoms with E-state index < -0.39 is 0 Å². The van der Waals surface area contributed by atoms with Crippen LogP contribution in [0.2, 0.25) is 0 Å². The second kappa shape index (κ2) is 4.96. The average Bonchev–Trinajstić information content (AvgIpc) is 2.61. The van der Waals surface area contributed by atoms with Crippen LogP contribution in [0.25, 0.3) is 21.8 Å². The van der Waals surface area contributed by atoms with Gasteiger partial charge in [-0.1, -0.05) is 35.4 Å². The van der Waals surface area contributed by atoms with Gasteiger partial charge in [0.25, 0.3) is 0 Å². The van der Waals surface area contributed by atoms with E-state index in [2.05, 4.69) is 41.5 Å². The van der Waals surface area contributed by atoms with Crippen LogP contribution in [0.5, 0.6) is 0 Å². The molecule has 0 saturated heterocycles. The largest absolute Gasteiger partial charge is 0.353 e. The Hall–Kier alpha value is -3.07. The van der Waals surface area contributed by atoms with Gasteiger partial charge < -0.3 is 10.3 Å². The Morgan fingerprint density at radius 1 is 0.840 bits per heavy atom. The monoisotopic (exact) mass is 326 g/mol. The Morgan fingerprint density at radius 3 is 2.52 bits per heavy atom. The average molecular weight is 326 g/mol. The van der Waals surface area contributed by atoms with Crippen molar-refractivity contribution in [2.24, 2.45) is 0 Å². The van der Waals surface area contributed by atoms with E-state index in [4.69, 9.17) is 0 Å². The first-order valence-electron chi connectivity index (χ1n) is 8.55. The van der Waals surface area contributed by atoms with Gasteiger partial charge >= 0.3 is 0 Å². The first-order valence-corrected chi connectivity index (χ1v) is 8.55. The van der Waals surface area contributed by atoms with Crippen molar-refractivity contribution < 1.29 is 0 Å². The number of nitrogens with one attached hydrogen (secondary N) is 2. The highest BCUT2D eigenvalue weighted by Crippen LogP contribution is 2.37. The van der Waals surface area contributed by atoms with Crippen LogP contribution in [0.4, 0.5) is 11.4 Å².